The Bertz CT molecular complexity index is 280. The molecule has 3 heteroatoms. The van der Waals surface area contributed by atoms with E-state index < -0.39 is 0 Å². The molecule has 0 aliphatic heterocycles. The quantitative estimate of drug-likeness (QED) is 0.802. The summed E-state index contributed by atoms with van der Waals surface area (Å²) in [5.41, 5.74) is 7.20. The van der Waals surface area contributed by atoms with Crippen molar-refractivity contribution in [2.24, 2.45) is 11.7 Å². The molecule has 3 nitrogen and oxygen atoms in total. The lowest BCUT2D eigenvalue weighted by Gasteiger charge is -2.24. The first-order valence-corrected chi connectivity index (χ1v) is 6.05. The van der Waals surface area contributed by atoms with Gasteiger partial charge in [0.05, 0.1) is 6.20 Å². The van der Waals surface area contributed by atoms with E-state index in [2.05, 4.69) is 22.9 Å². The lowest BCUT2D eigenvalue weighted by atomic mass is 9.85. The van der Waals surface area contributed by atoms with Gasteiger partial charge in [0.25, 0.3) is 0 Å². The summed E-state index contributed by atoms with van der Waals surface area (Å²) in [6.07, 6.45) is 10.3. The van der Waals surface area contributed by atoms with Gasteiger partial charge in [-0.25, -0.2) is 0 Å². The average Bonchev–Trinajstić information content (AvgIpc) is 2.59. The van der Waals surface area contributed by atoms with E-state index in [-0.39, 0.29) is 6.04 Å². The van der Waals surface area contributed by atoms with Gasteiger partial charge in [-0.05, 0) is 37.2 Å². The maximum atomic E-state index is 5.92. The van der Waals surface area contributed by atoms with Gasteiger partial charge in [0.1, 0.15) is 0 Å². The van der Waals surface area contributed by atoms with Crippen LogP contribution in [-0.4, -0.2) is 15.8 Å². The van der Waals surface area contributed by atoms with E-state index in [0.717, 1.165) is 25.3 Å². The zero-order valence-electron chi connectivity index (χ0n) is 9.52. The Morgan fingerprint density at radius 1 is 1.60 bits per heavy atom. The summed E-state index contributed by atoms with van der Waals surface area (Å²) in [5.74, 6) is 0.873. The Hall–Kier alpha value is -0.830. The molecule has 0 bridgehead atoms. The van der Waals surface area contributed by atoms with Crippen molar-refractivity contribution in [2.75, 3.05) is 0 Å². The third-order valence-corrected chi connectivity index (χ3v) is 3.38. The largest absolute Gasteiger partial charge is 0.327 e. The molecule has 2 rings (SSSR count). The van der Waals surface area contributed by atoms with E-state index in [9.17, 15) is 0 Å². The van der Waals surface area contributed by atoms with Crippen LogP contribution in [0.3, 0.4) is 0 Å². The summed E-state index contributed by atoms with van der Waals surface area (Å²) in [7, 11) is 0. The summed E-state index contributed by atoms with van der Waals surface area (Å²) < 4.78 is 2.08. The van der Waals surface area contributed by atoms with Crippen molar-refractivity contribution in [2.45, 2.75) is 51.6 Å². The molecular weight excluding hydrogens is 186 g/mol. The van der Waals surface area contributed by atoms with Crippen LogP contribution in [0.4, 0.5) is 0 Å². The smallest absolute Gasteiger partial charge is 0.0522 e. The summed E-state index contributed by atoms with van der Waals surface area (Å²) in [6, 6.07) is 0.284. The molecule has 0 aromatic carbocycles. The molecule has 2 N–H and O–H groups in total. The maximum Gasteiger partial charge on any atom is 0.0522 e. The minimum Gasteiger partial charge on any atom is -0.327 e. The lowest BCUT2D eigenvalue weighted by molar-refractivity contribution is 0.266. The molecule has 1 aromatic rings. The highest BCUT2D eigenvalue weighted by Crippen LogP contribution is 2.27. The normalized spacial score (nSPS) is 18.8. The molecule has 0 radical (unpaired) electrons. The fraction of sp³-hybridized carbons (Fsp3) is 0.750. The lowest BCUT2D eigenvalue weighted by Crippen LogP contribution is -2.21. The van der Waals surface area contributed by atoms with Gasteiger partial charge in [0.2, 0.25) is 0 Å². The standard InChI is InChI=1S/C12H21N3/c1-2-12(13)6-11-7-14-15(9-11)8-10-4-3-5-10/h7,9-10,12H,2-6,8,13H2,1H3. The fourth-order valence-corrected chi connectivity index (χ4v) is 2.00. The van der Waals surface area contributed by atoms with Crippen LogP contribution in [0.15, 0.2) is 12.4 Å². The molecule has 0 spiro atoms. The zero-order chi connectivity index (χ0) is 10.7. The number of hydrogen-bond donors (Lipinski definition) is 1. The van der Waals surface area contributed by atoms with E-state index in [4.69, 9.17) is 5.73 Å². The monoisotopic (exact) mass is 207 g/mol. The molecule has 1 saturated carbocycles. The van der Waals surface area contributed by atoms with Crippen molar-refractivity contribution < 1.29 is 0 Å². The Kier molecular flexibility index (Phi) is 3.41. The second-order valence-corrected chi connectivity index (χ2v) is 4.74. The fourth-order valence-electron chi connectivity index (χ4n) is 2.00. The number of rotatable bonds is 5. The first-order valence-electron chi connectivity index (χ1n) is 6.05. The van der Waals surface area contributed by atoms with Gasteiger partial charge in [0, 0.05) is 18.8 Å². The number of aromatic nitrogens is 2. The van der Waals surface area contributed by atoms with Crippen LogP contribution in [-0.2, 0) is 13.0 Å². The van der Waals surface area contributed by atoms with Crippen LogP contribution in [0.25, 0.3) is 0 Å². The molecule has 1 unspecified atom stereocenters. The molecule has 1 atom stereocenters. The van der Waals surface area contributed by atoms with E-state index in [1.807, 2.05) is 6.20 Å². The van der Waals surface area contributed by atoms with E-state index >= 15 is 0 Å². The highest BCUT2D eigenvalue weighted by atomic mass is 15.3. The third kappa shape index (κ3) is 2.81. The van der Waals surface area contributed by atoms with Gasteiger partial charge in [-0.2, -0.15) is 5.10 Å². The molecule has 0 saturated heterocycles. The summed E-state index contributed by atoms with van der Waals surface area (Å²) >= 11 is 0. The highest BCUT2D eigenvalue weighted by Gasteiger charge is 2.18. The molecule has 1 aliphatic rings. The molecule has 1 heterocycles. The van der Waals surface area contributed by atoms with Crippen LogP contribution in [0.1, 0.15) is 38.2 Å². The highest BCUT2D eigenvalue weighted by molar-refractivity contribution is 5.05. The van der Waals surface area contributed by atoms with Crippen molar-refractivity contribution in [3.05, 3.63) is 18.0 Å². The van der Waals surface area contributed by atoms with E-state index in [1.54, 1.807) is 0 Å². The molecule has 1 aromatic heterocycles. The van der Waals surface area contributed by atoms with Crippen LogP contribution in [0.5, 0.6) is 0 Å². The van der Waals surface area contributed by atoms with Gasteiger partial charge >= 0.3 is 0 Å². The summed E-state index contributed by atoms with van der Waals surface area (Å²) in [4.78, 5) is 0. The summed E-state index contributed by atoms with van der Waals surface area (Å²) in [5, 5.41) is 4.39. The van der Waals surface area contributed by atoms with Gasteiger partial charge < -0.3 is 5.73 Å². The second-order valence-electron chi connectivity index (χ2n) is 4.74. The molecule has 0 amide bonds. The first-order chi connectivity index (χ1) is 7.28. The van der Waals surface area contributed by atoms with Gasteiger partial charge in [-0.15, -0.1) is 0 Å². The number of hydrogen-bond acceptors (Lipinski definition) is 2. The minimum atomic E-state index is 0.284. The first kappa shape index (κ1) is 10.7. The Balaban J connectivity index is 1.85. The molecular formula is C12H21N3. The van der Waals surface area contributed by atoms with E-state index in [0.29, 0.717) is 0 Å². The van der Waals surface area contributed by atoms with Crippen molar-refractivity contribution in [3.63, 3.8) is 0 Å². The Morgan fingerprint density at radius 2 is 2.40 bits per heavy atom. The van der Waals surface area contributed by atoms with Gasteiger partial charge in [-0.1, -0.05) is 13.3 Å². The predicted molar refractivity (Wildman–Crippen MR) is 61.5 cm³/mol. The van der Waals surface area contributed by atoms with Gasteiger partial charge in [0.15, 0.2) is 0 Å². The van der Waals surface area contributed by atoms with Crippen molar-refractivity contribution >= 4 is 0 Å². The second kappa shape index (κ2) is 4.79. The third-order valence-electron chi connectivity index (χ3n) is 3.38. The van der Waals surface area contributed by atoms with Crippen LogP contribution < -0.4 is 5.73 Å². The molecule has 1 fully saturated rings. The molecule has 84 valence electrons. The van der Waals surface area contributed by atoms with Crippen LogP contribution in [0, 0.1) is 5.92 Å². The Morgan fingerprint density at radius 3 is 3.00 bits per heavy atom. The number of nitrogens with zero attached hydrogens (tertiary/aromatic N) is 2. The van der Waals surface area contributed by atoms with Crippen molar-refractivity contribution in [1.29, 1.82) is 0 Å². The summed E-state index contributed by atoms with van der Waals surface area (Å²) in [6.45, 7) is 3.23. The van der Waals surface area contributed by atoms with Crippen molar-refractivity contribution in [1.82, 2.24) is 9.78 Å². The van der Waals surface area contributed by atoms with Gasteiger partial charge in [-0.3, -0.25) is 4.68 Å². The van der Waals surface area contributed by atoms with Crippen LogP contribution in [0.2, 0.25) is 0 Å². The molecule has 15 heavy (non-hydrogen) atoms. The average molecular weight is 207 g/mol. The maximum absolute atomic E-state index is 5.92. The van der Waals surface area contributed by atoms with Crippen molar-refractivity contribution in [3.8, 4) is 0 Å². The Labute approximate surface area is 91.7 Å². The molecule has 1 aliphatic carbocycles. The van der Waals surface area contributed by atoms with E-state index in [1.165, 1.54) is 24.8 Å². The number of nitrogens with two attached hydrogens (primary N) is 1. The van der Waals surface area contributed by atoms with Crippen LogP contribution >= 0.6 is 0 Å². The minimum absolute atomic E-state index is 0.284. The SMILES string of the molecule is CCC(N)Cc1cnn(CC2CCC2)c1. The predicted octanol–water partition coefficient (Wildman–Crippen LogP) is 1.96. The zero-order valence-corrected chi connectivity index (χ0v) is 9.52. The topological polar surface area (TPSA) is 43.8 Å².